The number of ether oxygens (including phenoxy) is 1. The van der Waals surface area contributed by atoms with Crippen LogP contribution in [0.5, 0.6) is 0 Å². The molecule has 1 aliphatic carbocycles. The topological polar surface area (TPSA) is 122 Å². The van der Waals surface area contributed by atoms with E-state index in [9.17, 15) is 22.8 Å². The number of anilines is 2. The van der Waals surface area contributed by atoms with Crippen molar-refractivity contribution in [3.05, 3.63) is 41.3 Å². The summed E-state index contributed by atoms with van der Waals surface area (Å²) in [5.74, 6) is -1.22. The second-order valence-corrected chi connectivity index (χ2v) is 10.2. The van der Waals surface area contributed by atoms with Gasteiger partial charge in [-0.1, -0.05) is 13.8 Å². The Labute approximate surface area is 190 Å². The van der Waals surface area contributed by atoms with E-state index in [0.717, 1.165) is 24.2 Å². The molecule has 1 aliphatic rings. The predicted octanol–water partition coefficient (Wildman–Crippen LogP) is 2.92. The number of carbonyl (C=O) groups is 3. The number of thiophene rings is 1. The first-order valence-electron chi connectivity index (χ1n) is 10.2. The van der Waals surface area contributed by atoms with Crippen LogP contribution in [0.15, 0.2) is 41.3 Å². The summed E-state index contributed by atoms with van der Waals surface area (Å²) in [6.45, 7) is 3.75. The standard InChI is InChI=1S/C21H25N3O6S2/c1-3-24(4-2)32(28,29)16-9-7-15(8-10-16)22-18(25)13-30-21(27)17-11-12-19(31-17)23-20(26)14-5-6-14/h7-12,14H,3-6,13H2,1-2H3,(H,22,25)(H,23,26). The van der Waals surface area contributed by atoms with Crippen LogP contribution in [0.4, 0.5) is 10.7 Å². The lowest BCUT2D eigenvalue weighted by atomic mass is 10.3. The fraction of sp³-hybridized carbons (Fsp3) is 0.381. The Morgan fingerprint density at radius 3 is 2.28 bits per heavy atom. The van der Waals surface area contributed by atoms with Crippen LogP contribution in [0.25, 0.3) is 0 Å². The lowest BCUT2D eigenvalue weighted by Crippen LogP contribution is -2.30. The average molecular weight is 480 g/mol. The van der Waals surface area contributed by atoms with Gasteiger partial charge in [0.1, 0.15) is 4.88 Å². The number of esters is 1. The molecule has 2 aromatic rings. The number of hydrogen-bond donors (Lipinski definition) is 2. The summed E-state index contributed by atoms with van der Waals surface area (Å²) < 4.78 is 31.4. The van der Waals surface area contributed by atoms with Crippen LogP contribution in [0.3, 0.4) is 0 Å². The molecule has 0 aliphatic heterocycles. The highest BCUT2D eigenvalue weighted by atomic mass is 32.2. The normalized spacial score (nSPS) is 13.6. The van der Waals surface area contributed by atoms with Crippen molar-refractivity contribution in [2.24, 2.45) is 5.92 Å². The van der Waals surface area contributed by atoms with Crippen LogP contribution in [0.2, 0.25) is 0 Å². The molecule has 172 valence electrons. The molecule has 1 saturated carbocycles. The van der Waals surface area contributed by atoms with Crippen molar-refractivity contribution in [2.75, 3.05) is 30.3 Å². The van der Waals surface area contributed by atoms with Crippen LogP contribution in [0, 0.1) is 5.92 Å². The van der Waals surface area contributed by atoms with Crippen LogP contribution in [0.1, 0.15) is 36.4 Å². The number of amides is 2. The Bertz CT molecular complexity index is 1090. The third-order valence-electron chi connectivity index (χ3n) is 4.82. The van der Waals surface area contributed by atoms with Gasteiger partial charge in [-0.3, -0.25) is 9.59 Å². The van der Waals surface area contributed by atoms with Gasteiger partial charge in [0, 0.05) is 24.7 Å². The zero-order chi connectivity index (χ0) is 23.3. The largest absolute Gasteiger partial charge is 0.451 e. The summed E-state index contributed by atoms with van der Waals surface area (Å²) in [7, 11) is -3.58. The van der Waals surface area contributed by atoms with Crippen molar-refractivity contribution < 1.29 is 27.5 Å². The molecular formula is C21H25N3O6S2. The number of benzene rings is 1. The van der Waals surface area contributed by atoms with Gasteiger partial charge in [0.2, 0.25) is 15.9 Å². The van der Waals surface area contributed by atoms with Gasteiger partial charge in [-0.25, -0.2) is 13.2 Å². The quantitative estimate of drug-likeness (QED) is 0.505. The molecule has 2 N–H and O–H groups in total. The number of nitrogens with zero attached hydrogens (tertiary/aromatic N) is 1. The summed E-state index contributed by atoms with van der Waals surface area (Å²) in [4.78, 5) is 36.4. The van der Waals surface area contributed by atoms with Crippen LogP contribution < -0.4 is 10.6 Å². The van der Waals surface area contributed by atoms with Crippen molar-refractivity contribution in [3.63, 3.8) is 0 Å². The average Bonchev–Trinajstić information content (AvgIpc) is 3.52. The van der Waals surface area contributed by atoms with E-state index in [1.165, 1.54) is 34.6 Å². The minimum absolute atomic E-state index is 0.0536. The smallest absolute Gasteiger partial charge is 0.348 e. The van der Waals surface area contributed by atoms with Crippen molar-refractivity contribution in [1.29, 1.82) is 0 Å². The van der Waals surface area contributed by atoms with E-state index in [4.69, 9.17) is 4.74 Å². The lowest BCUT2D eigenvalue weighted by Gasteiger charge is -2.18. The maximum absolute atomic E-state index is 12.5. The van der Waals surface area contributed by atoms with E-state index in [1.54, 1.807) is 19.9 Å². The molecule has 0 unspecified atom stereocenters. The monoisotopic (exact) mass is 479 g/mol. The van der Waals surface area contributed by atoms with Crippen molar-refractivity contribution in [2.45, 2.75) is 31.6 Å². The molecule has 0 bridgehead atoms. The van der Waals surface area contributed by atoms with Gasteiger partial charge in [0.05, 0.1) is 9.90 Å². The van der Waals surface area contributed by atoms with E-state index in [-0.39, 0.29) is 21.6 Å². The number of sulfonamides is 1. The van der Waals surface area contributed by atoms with Crippen LogP contribution in [-0.4, -0.2) is 50.2 Å². The molecule has 32 heavy (non-hydrogen) atoms. The Hall–Kier alpha value is -2.76. The maximum Gasteiger partial charge on any atom is 0.348 e. The Morgan fingerprint density at radius 1 is 1.03 bits per heavy atom. The van der Waals surface area contributed by atoms with Gasteiger partial charge in [0.25, 0.3) is 5.91 Å². The van der Waals surface area contributed by atoms with Crippen LogP contribution in [-0.2, 0) is 24.3 Å². The summed E-state index contributed by atoms with van der Waals surface area (Å²) in [6, 6.07) is 8.93. The predicted molar refractivity (Wildman–Crippen MR) is 121 cm³/mol. The highest BCUT2D eigenvalue weighted by Gasteiger charge is 2.30. The molecule has 0 atom stereocenters. The van der Waals surface area contributed by atoms with E-state index >= 15 is 0 Å². The first-order chi connectivity index (χ1) is 15.2. The molecule has 2 amide bonds. The molecule has 0 saturated heterocycles. The molecular weight excluding hydrogens is 454 g/mol. The maximum atomic E-state index is 12.5. The summed E-state index contributed by atoms with van der Waals surface area (Å²) in [5, 5.41) is 5.86. The van der Waals surface area contributed by atoms with Gasteiger partial charge in [0.15, 0.2) is 6.61 Å². The lowest BCUT2D eigenvalue weighted by molar-refractivity contribution is -0.119. The molecule has 0 radical (unpaired) electrons. The molecule has 0 spiro atoms. The molecule has 9 nitrogen and oxygen atoms in total. The molecule has 3 rings (SSSR count). The Balaban J connectivity index is 1.50. The zero-order valence-electron chi connectivity index (χ0n) is 17.8. The Morgan fingerprint density at radius 2 is 1.69 bits per heavy atom. The summed E-state index contributed by atoms with van der Waals surface area (Å²) in [5.41, 5.74) is 0.380. The number of rotatable bonds is 10. The fourth-order valence-electron chi connectivity index (χ4n) is 2.91. The van der Waals surface area contributed by atoms with Crippen LogP contribution >= 0.6 is 11.3 Å². The van der Waals surface area contributed by atoms with Gasteiger partial charge in [-0.15, -0.1) is 11.3 Å². The third-order valence-corrected chi connectivity index (χ3v) is 7.86. The molecule has 1 fully saturated rings. The third kappa shape index (κ3) is 5.93. The van der Waals surface area contributed by atoms with E-state index in [1.807, 2.05) is 0 Å². The molecule has 1 aromatic heterocycles. The van der Waals surface area contributed by atoms with Gasteiger partial charge >= 0.3 is 5.97 Å². The number of carbonyl (C=O) groups excluding carboxylic acids is 3. The Kier molecular flexibility index (Phi) is 7.64. The van der Waals surface area contributed by atoms with E-state index in [2.05, 4.69) is 10.6 Å². The molecule has 1 heterocycles. The zero-order valence-corrected chi connectivity index (χ0v) is 19.4. The van der Waals surface area contributed by atoms with E-state index < -0.39 is 28.5 Å². The number of nitrogens with one attached hydrogen (secondary N) is 2. The minimum atomic E-state index is -3.58. The van der Waals surface area contributed by atoms with Crippen molar-refractivity contribution >= 4 is 49.8 Å². The second-order valence-electron chi connectivity index (χ2n) is 7.17. The van der Waals surface area contributed by atoms with Gasteiger partial charge in [-0.05, 0) is 49.2 Å². The molecule has 11 heteroatoms. The van der Waals surface area contributed by atoms with Crippen molar-refractivity contribution in [1.82, 2.24) is 4.31 Å². The summed E-state index contributed by atoms with van der Waals surface area (Å²) in [6.07, 6.45) is 1.77. The summed E-state index contributed by atoms with van der Waals surface area (Å²) >= 11 is 1.08. The highest BCUT2D eigenvalue weighted by Crippen LogP contribution is 2.31. The first kappa shape index (κ1) is 23.9. The minimum Gasteiger partial charge on any atom is -0.451 e. The van der Waals surface area contributed by atoms with Crippen molar-refractivity contribution in [3.8, 4) is 0 Å². The van der Waals surface area contributed by atoms with E-state index in [0.29, 0.717) is 23.8 Å². The van der Waals surface area contributed by atoms with Gasteiger partial charge in [-0.2, -0.15) is 4.31 Å². The number of hydrogen-bond acceptors (Lipinski definition) is 7. The highest BCUT2D eigenvalue weighted by molar-refractivity contribution is 7.89. The van der Waals surface area contributed by atoms with Gasteiger partial charge < -0.3 is 15.4 Å². The SMILES string of the molecule is CCN(CC)S(=O)(=O)c1ccc(NC(=O)COC(=O)c2ccc(NC(=O)C3CC3)s2)cc1. The second kappa shape index (κ2) is 10.2. The molecule has 1 aromatic carbocycles. The first-order valence-corrected chi connectivity index (χ1v) is 12.5. The fourth-order valence-corrected chi connectivity index (χ4v) is 5.17.